The van der Waals surface area contributed by atoms with E-state index in [4.69, 9.17) is 9.47 Å². The normalized spacial score (nSPS) is 11.8. The SMILES string of the molecule is CCCCCCCCCCOc1c(OCCCCCCCCCC)c2ccc(Br)c3ccc4c(Br)ccc1c4c32. The van der Waals surface area contributed by atoms with Crippen molar-refractivity contribution in [1.82, 2.24) is 0 Å². The molecule has 2 nitrogen and oxygen atoms in total. The molecule has 0 heterocycles. The van der Waals surface area contributed by atoms with Crippen molar-refractivity contribution in [2.75, 3.05) is 13.2 Å². The van der Waals surface area contributed by atoms with E-state index >= 15 is 0 Å². The van der Waals surface area contributed by atoms with Crippen LogP contribution >= 0.6 is 31.9 Å². The van der Waals surface area contributed by atoms with Crippen LogP contribution in [0.25, 0.3) is 32.3 Å². The third-order valence-corrected chi connectivity index (χ3v) is 9.62. The number of ether oxygens (including phenoxy) is 2. The lowest BCUT2D eigenvalue weighted by Crippen LogP contribution is -2.05. The van der Waals surface area contributed by atoms with Crippen LogP contribution in [0.1, 0.15) is 117 Å². The Hall–Kier alpha value is -1.52. The zero-order valence-electron chi connectivity index (χ0n) is 24.8. The van der Waals surface area contributed by atoms with Gasteiger partial charge in [-0.15, -0.1) is 0 Å². The van der Waals surface area contributed by atoms with Crippen LogP contribution in [-0.4, -0.2) is 13.2 Å². The van der Waals surface area contributed by atoms with E-state index in [1.807, 2.05) is 0 Å². The van der Waals surface area contributed by atoms with Gasteiger partial charge in [-0.1, -0.05) is 148 Å². The maximum absolute atomic E-state index is 6.65. The molecule has 0 spiro atoms. The number of unbranched alkanes of at least 4 members (excludes halogenated alkanes) is 14. The molecule has 0 fully saturated rings. The number of halogens is 2. The molecule has 40 heavy (non-hydrogen) atoms. The molecule has 4 aromatic rings. The minimum absolute atomic E-state index is 0.730. The molecule has 0 amide bonds. The van der Waals surface area contributed by atoms with Crippen molar-refractivity contribution in [2.24, 2.45) is 0 Å². The first-order valence-corrected chi connectivity index (χ1v) is 17.6. The van der Waals surface area contributed by atoms with Gasteiger partial charge in [-0.05, 0) is 47.9 Å². The van der Waals surface area contributed by atoms with Gasteiger partial charge >= 0.3 is 0 Å². The first-order valence-electron chi connectivity index (χ1n) is 16.0. The summed E-state index contributed by atoms with van der Waals surface area (Å²) >= 11 is 7.62. The molecular weight excluding hydrogens is 624 g/mol. The van der Waals surface area contributed by atoms with E-state index in [0.29, 0.717) is 0 Å². The monoisotopic (exact) mass is 670 g/mol. The lowest BCUT2D eigenvalue weighted by molar-refractivity contribution is 0.263. The number of hydrogen-bond donors (Lipinski definition) is 0. The summed E-state index contributed by atoms with van der Waals surface area (Å²) in [5.74, 6) is 1.84. The standard InChI is InChI=1S/C36H48Br2O2/c1-3-5-7-9-11-13-15-17-25-39-35-29-21-23-31(37)27-19-20-28-32(38)24-22-30(34(28)33(27)29)36(35)40-26-18-16-14-12-10-8-6-4-2/h19-24H,3-18,25-26H2,1-2H3. The summed E-state index contributed by atoms with van der Waals surface area (Å²) in [5, 5.41) is 7.26. The molecule has 0 aliphatic carbocycles. The van der Waals surface area contributed by atoms with Crippen molar-refractivity contribution >= 4 is 64.2 Å². The van der Waals surface area contributed by atoms with Crippen LogP contribution in [0.15, 0.2) is 45.3 Å². The first kappa shape index (κ1) is 31.4. The Bertz CT molecular complexity index is 1210. The molecule has 0 saturated heterocycles. The van der Waals surface area contributed by atoms with E-state index in [1.165, 1.54) is 111 Å². The van der Waals surface area contributed by atoms with Gasteiger partial charge in [0.1, 0.15) is 0 Å². The fourth-order valence-electron chi connectivity index (χ4n) is 5.95. The minimum atomic E-state index is 0.730. The maximum atomic E-state index is 6.65. The molecule has 0 saturated carbocycles. The second-order valence-corrected chi connectivity index (χ2v) is 13.1. The second-order valence-electron chi connectivity index (χ2n) is 11.4. The van der Waals surface area contributed by atoms with Gasteiger partial charge in [0.15, 0.2) is 11.5 Å². The zero-order chi connectivity index (χ0) is 28.2. The van der Waals surface area contributed by atoms with Crippen LogP contribution in [0.3, 0.4) is 0 Å². The van der Waals surface area contributed by atoms with E-state index in [1.54, 1.807) is 0 Å². The largest absolute Gasteiger partial charge is 0.489 e. The fourth-order valence-corrected chi connectivity index (χ4v) is 6.87. The van der Waals surface area contributed by atoms with Gasteiger partial charge < -0.3 is 9.47 Å². The number of hydrogen-bond acceptors (Lipinski definition) is 2. The molecule has 4 aromatic carbocycles. The van der Waals surface area contributed by atoms with Crippen LogP contribution in [0.4, 0.5) is 0 Å². The van der Waals surface area contributed by atoms with Gasteiger partial charge in [0, 0.05) is 30.5 Å². The summed E-state index contributed by atoms with van der Waals surface area (Å²) in [7, 11) is 0. The lowest BCUT2D eigenvalue weighted by atomic mass is 9.93. The van der Waals surface area contributed by atoms with E-state index in [-0.39, 0.29) is 0 Å². The highest BCUT2D eigenvalue weighted by molar-refractivity contribution is 9.11. The summed E-state index contributed by atoms with van der Waals surface area (Å²) in [5.41, 5.74) is 0. The third-order valence-electron chi connectivity index (χ3n) is 8.24. The molecule has 0 aromatic heterocycles. The zero-order valence-corrected chi connectivity index (χ0v) is 27.9. The van der Waals surface area contributed by atoms with Crippen LogP contribution < -0.4 is 9.47 Å². The third kappa shape index (κ3) is 8.06. The van der Waals surface area contributed by atoms with Gasteiger partial charge in [-0.25, -0.2) is 0 Å². The molecule has 4 rings (SSSR count). The highest BCUT2D eigenvalue weighted by atomic mass is 79.9. The fraction of sp³-hybridized carbons (Fsp3) is 0.556. The Kier molecular flexibility index (Phi) is 13.2. The van der Waals surface area contributed by atoms with Crippen LogP contribution in [0.5, 0.6) is 11.5 Å². The Morgan fingerprint density at radius 2 is 0.750 bits per heavy atom. The second kappa shape index (κ2) is 16.8. The van der Waals surface area contributed by atoms with Gasteiger partial charge in [0.25, 0.3) is 0 Å². The van der Waals surface area contributed by atoms with Gasteiger partial charge in [-0.2, -0.15) is 0 Å². The summed E-state index contributed by atoms with van der Waals surface area (Å²) in [6.45, 7) is 6.02. The average Bonchev–Trinajstić information content (AvgIpc) is 2.96. The minimum Gasteiger partial charge on any atom is -0.489 e. The summed E-state index contributed by atoms with van der Waals surface area (Å²) in [6, 6.07) is 13.2. The number of benzene rings is 4. The Labute approximate surface area is 259 Å². The number of rotatable bonds is 20. The van der Waals surface area contributed by atoms with E-state index in [9.17, 15) is 0 Å². The molecule has 0 aliphatic heterocycles. The van der Waals surface area contributed by atoms with Gasteiger partial charge in [-0.3, -0.25) is 0 Å². The highest BCUT2D eigenvalue weighted by Crippen LogP contribution is 2.49. The smallest absolute Gasteiger partial charge is 0.169 e. The summed E-state index contributed by atoms with van der Waals surface area (Å²) in [4.78, 5) is 0. The summed E-state index contributed by atoms with van der Waals surface area (Å²) < 4.78 is 15.5. The van der Waals surface area contributed by atoms with E-state index in [0.717, 1.165) is 57.3 Å². The summed E-state index contributed by atoms with van der Waals surface area (Å²) in [6.07, 6.45) is 20.7. The van der Waals surface area contributed by atoms with Crippen molar-refractivity contribution in [1.29, 1.82) is 0 Å². The molecule has 4 heteroatoms. The predicted octanol–water partition coefficient (Wildman–Crippen LogP) is 13.1. The molecule has 0 N–H and O–H groups in total. The molecule has 218 valence electrons. The van der Waals surface area contributed by atoms with Crippen molar-refractivity contribution in [3.05, 3.63) is 45.3 Å². The van der Waals surface area contributed by atoms with Crippen LogP contribution in [0.2, 0.25) is 0 Å². The van der Waals surface area contributed by atoms with Crippen LogP contribution in [-0.2, 0) is 0 Å². The van der Waals surface area contributed by atoms with E-state index in [2.05, 4.69) is 82.1 Å². The Morgan fingerprint density at radius 3 is 1.12 bits per heavy atom. The quantitative estimate of drug-likeness (QED) is 0.0687. The molecule has 0 atom stereocenters. The first-order chi connectivity index (χ1) is 19.7. The topological polar surface area (TPSA) is 18.5 Å². The molecule has 0 unspecified atom stereocenters. The molecule has 0 aliphatic rings. The maximum Gasteiger partial charge on any atom is 0.169 e. The Balaban J connectivity index is 1.52. The van der Waals surface area contributed by atoms with Crippen molar-refractivity contribution < 1.29 is 9.47 Å². The Morgan fingerprint density at radius 1 is 0.425 bits per heavy atom. The van der Waals surface area contributed by atoms with Gasteiger partial charge in [0.05, 0.1) is 13.2 Å². The molecular formula is C36H48Br2O2. The molecule has 0 bridgehead atoms. The predicted molar refractivity (Wildman–Crippen MR) is 182 cm³/mol. The van der Waals surface area contributed by atoms with Crippen molar-refractivity contribution in [3.8, 4) is 11.5 Å². The molecule has 0 radical (unpaired) electrons. The highest BCUT2D eigenvalue weighted by Gasteiger charge is 2.22. The van der Waals surface area contributed by atoms with E-state index < -0.39 is 0 Å². The lowest BCUT2D eigenvalue weighted by Gasteiger charge is -2.21. The van der Waals surface area contributed by atoms with Crippen LogP contribution in [0, 0.1) is 0 Å². The average molecular weight is 673 g/mol. The van der Waals surface area contributed by atoms with Crippen molar-refractivity contribution in [2.45, 2.75) is 117 Å². The van der Waals surface area contributed by atoms with Gasteiger partial charge in [0.2, 0.25) is 0 Å². The van der Waals surface area contributed by atoms with Crippen molar-refractivity contribution in [3.63, 3.8) is 0 Å².